The summed E-state index contributed by atoms with van der Waals surface area (Å²) in [5.74, 6) is -3.08. The van der Waals surface area contributed by atoms with Crippen molar-refractivity contribution in [3.8, 4) is 5.75 Å². The molecule has 1 N–H and O–H groups in total. The summed E-state index contributed by atoms with van der Waals surface area (Å²) in [5.41, 5.74) is 0.809. The highest BCUT2D eigenvalue weighted by molar-refractivity contribution is 5.72. The smallest absolute Gasteiger partial charge is 0.409 e. The molecule has 0 spiro atoms. The van der Waals surface area contributed by atoms with Crippen molar-refractivity contribution in [1.29, 1.82) is 0 Å². The number of halogens is 2. The second kappa shape index (κ2) is 14.6. The van der Waals surface area contributed by atoms with E-state index in [9.17, 15) is 23.5 Å². The Morgan fingerprint density at radius 1 is 1.06 bits per heavy atom. The van der Waals surface area contributed by atoms with Gasteiger partial charge in [-0.05, 0) is 51.3 Å². The summed E-state index contributed by atoms with van der Waals surface area (Å²) in [6.45, 7) is 5.89. The lowest BCUT2D eigenvalue weighted by molar-refractivity contribution is -0.149. The first-order valence-electron chi connectivity index (χ1n) is 11.0. The van der Waals surface area contributed by atoms with Gasteiger partial charge < -0.3 is 24.2 Å². The molecule has 0 radical (unpaired) electrons. The fourth-order valence-electron chi connectivity index (χ4n) is 3.05. The molecule has 0 saturated heterocycles. The van der Waals surface area contributed by atoms with E-state index in [0.29, 0.717) is 44.7 Å². The van der Waals surface area contributed by atoms with Crippen molar-refractivity contribution < 1.29 is 37.7 Å². The van der Waals surface area contributed by atoms with Gasteiger partial charge in [-0.1, -0.05) is 18.6 Å². The van der Waals surface area contributed by atoms with Gasteiger partial charge in [0.25, 0.3) is 0 Å². The molecule has 1 rings (SSSR count). The zero-order chi connectivity index (χ0) is 24.0. The normalized spacial score (nSPS) is 12.3. The molecule has 1 aromatic carbocycles. The predicted molar refractivity (Wildman–Crippen MR) is 116 cm³/mol. The molecule has 7 nitrogen and oxygen atoms in total. The van der Waals surface area contributed by atoms with Crippen LogP contribution in [0, 0.1) is 0 Å². The predicted octanol–water partition coefficient (Wildman–Crippen LogP) is 4.77. The van der Waals surface area contributed by atoms with Gasteiger partial charge >= 0.3 is 12.1 Å². The molecule has 0 fully saturated rings. The Morgan fingerprint density at radius 3 is 2.31 bits per heavy atom. The highest BCUT2D eigenvalue weighted by Gasteiger charge is 2.20. The van der Waals surface area contributed by atoms with Gasteiger partial charge in [0.05, 0.1) is 13.2 Å². The zero-order valence-electron chi connectivity index (χ0n) is 19.1. The Labute approximate surface area is 188 Å². The number of aliphatic carboxylic acids is 1. The lowest BCUT2D eigenvalue weighted by Gasteiger charge is -2.22. The number of benzene rings is 1. The standard InChI is InChI=1S/C23H35F2NO6/c1-4-30-20(21(27)28)17-18-9-11-19(12-10-18)32-16-15-26(22(29)31-5-2)14-8-6-7-13-23(3,24)25/h9-12,20H,4-8,13-17H2,1-3H3,(H,27,28). The molecular formula is C23H35F2NO6. The maximum absolute atomic E-state index is 12.9. The number of carbonyl (C=O) groups excluding carboxylic acids is 1. The van der Waals surface area contributed by atoms with Gasteiger partial charge in [-0.2, -0.15) is 0 Å². The molecule has 0 heterocycles. The second-order valence-electron chi connectivity index (χ2n) is 7.55. The van der Waals surface area contributed by atoms with Crippen LogP contribution in [0.2, 0.25) is 0 Å². The Hall–Kier alpha value is -2.42. The molecule has 182 valence electrons. The maximum atomic E-state index is 12.9. The molecule has 1 amide bonds. The second-order valence-corrected chi connectivity index (χ2v) is 7.55. The number of rotatable bonds is 16. The molecule has 32 heavy (non-hydrogen) atoms. The number of amides is 1. The van der Waals surface area contributed by atoms with Crippen molar-refractivity contribution in [1.82, 2.24) is 4.90 Å². The molecule has 1 atom stereocenters. The van der Waals surface area contributed by atoms with Gasteiger partial charge in [-0.3, -0.25) is 0 Å². The van der Waals surface area contributed by atoms with Crippen molar-refractivity contribution in [2.75, 3.05) is 32.9 Å². The van der Waals surface area contributed by atoms with Gasteiger partial charge in [0.1, 0.15) is 12.4 Å². The van der Waals surface area contributed by atoms with Gasteiger partial charge in [0.2, 0.25) is 5.92 Å². The van der Waals surface area contributed by atoms with Crippen molar-refractivity contribution in [3.63, 3.8) is 0 Å². The third-order valence-electron chi connectivity index (χ3n) is 4.69. The van der Waals surface area contributed by atoms with E-state index in [4.69, 9.17) is 14.2 Å². The van der Waals surface area contributed by atoms with Crippen LogP contribution in [0.1, 0.15) is 52.0 Å². The largest absolute Gasteiger partial charge is 0.492 e. The van der Waals surface area contributed by atoms with E-state index in [1.54, 1.807) is 38.1 Å². The van der Waals surface area contributed by atoms with Crippen LogP contribution in [0.3, 0.4) is 0 Å². The van der Waals surface area contributed by atoms with Crippen LogP contribution < -0.4 is 4.74 Å². The topological polar surface area (TPSA) is 85.3 Å². The first-order valence-corrected chi connectivity index (χ1v) is 11.0. The van der Waals surface area contributed by atoms with Crippen LogP contribution in [0.5, 0.6) is 5.75 Å². The summed E-state index contributed by atoms with van der Waals surface area (Å²) in [6, 6.07) is 7.02. The van der Waals surface area contributed by atoms with Crippen molar-refractivity contribution in [3.05, 3.63) is 29.8 Å². The van der Waals surface area contributed by atoms with E-state index >= 15 is 0 Å². The summed E-state index contributed by atoms with van der Waals surface area (Å²) >= 11 is 0. The Morgan fingerprint density at radius 2 is 1.75 bits per heavy atom. The van der Waals surface area contributed by atoms with E-state index in [0.717, 1.165) is 12.5 Å². The van der Waals surface area contributed by atoms with E-state index in [2.05, 4.69) is 0 Å². The van der Waals surface area contributed by atoms with Gasteiger partial charge in [-0.25, -0.2) is 18.4 Å². The summed E-state index contributed by atoms with van der Waals surface area (Å²) in [7, 11) is 0. The highest BCUT2D eigenvalue weighted by Crippen LogP contribution is 2.20. The molecule has 0 saturated carbocycles. The number of nitrogens with zero attached hydrogens (tertiary/aromatic N) is 1. The number of hydrogen-bond donors (Lipinski definition) is 1. The fraction of sp³-hybridized carbons (Fsp3) is 0.652. The summed E-state index contributed by atoms with van der Waals surface area (Å²) in [5, 5.41) is 9.17. The minimum Gasteiger partial charge on any atom is -0.492 e. The zero-order valence-corrected chi connectivity index (χ0v) is 19.1. The minimum absolute atomic E-state index is 0.163. The minimum atomic E-state index is -2.66. The number of carbonyl (C=O) groups is 2. The van der Waals surface area contributed by atoms with Crippen LogP contribution >= 0.6 is 0 Å². The molecule has 0 bridgehead atoms. The highest BCUT2D eigenvalue weighted by atomic mass is 19.3. The molecule has 1 unspecified atom stereocenters. The van der Waals surface area contributed by atoms with Gasteiger partial charge in [0, 0.05) is 26.0 Å². The lowest BCUT2D eigenvalue weighted by atomic mass is 10.1. The molecule has 0 aromatic heterocycles. The SMILES string of the molecule is CCOC(=O)N(CCCCCC(C)(F)F)CCOc1ccc(CC(OCC)C(=O)O)cc1. The summed E-state index contributed by atoms with van der Waals surface area (Å²) in [6.07, 6.45) is 0.341. The first kappa shape index (κ1) is 27.6. The molecule has 0 aliphatic rings. The third-order valence-corrected chi connectivity index (χ3v) is 4.69. The van der Waals surface area contributed by atoms with Crippen LogP contribution in [0.15, 0.2) is 24.3 Å². The first-order chi connectivity index (χ1) is 15.2. The average Bonchev–Trinajstić information content (AvgIpc) is 2.72. The monoisotopic (exact) mass is 459 g/mol. The van der Waals surface area contributed by atoms with E-state index < -0.39 is 24.1 Å². The summed E-state index contributed by atoms with van der Waals surface area (Å²) < 4.78 is 41.8. The number of ether oxygens (including phenoxy) is 3. The van der Waals surface area contributed by atoms with E-state index in [-0.39, 0.29) is 26.1 Å². The molecular weight excluding hydrogens is 424 g/mol. The van der Waals surface area contributed by atoms with Gasteiger partial charge in [0.15, 0.2) is 6.10 Å². The molecule has 1 aromatic rings. The van der Waals surface area contributed by atoms with Crippen molar-refractivity contribution in [2.24, 2.45) is 0 Å². The lowest BCUT2D eigenvalue weighted by Crippen LogP contribution is -2.36. The van der Waals surface area contributed by atoms with Crippen LogP contribution in [-0.4, -0.2) is 67.0 Å². The van der Waals surface area contributed by atoms with Crippen molar-refractivity contribution in [2.45, 2.75) is 64.9 Å². The molecule has 9 heteroatoms. The van der Waals surface area contributed by atoms with Crippen LogP contribution in [0.25, 0.3) is 0 Å². The van der Waals surface area contributed by atoms with Gasteiger partial charge in [-0.15, -0.1) is 0 Å². The van der Waals surface area contributed by atoms with E-state index in [1.165, 1.54) is 4.90 Å². The number of hydrogen-bond acceptors (Lipinski definition) is 5. The fourth-order valence-corrected chi connectivity index (χ4v) is 3.05. The van der Waals surface area contributed by atoms with Crippen molar-refractivity contribution >= 4 is 12.1 Å². The number of carboxylic acid groups (broad SMARTS) is 1. The Kier molecular flexibility index (Phi) is 12.6. The van der Waals surface area contributed by atoms with Crippen LogP contribution in [-0.2, 0) is 20.7 Å². The Bertz CT molecular complexity index is 678. The average molecular weight is 460 g/mol. The van der Waals surface area contributed by atoms with E-state index in [1.807, 2.05) is 0 Å². The maximum Gasteiger partial charge on any atom is 0.409 e. The summed E-state index contributed by atoms with van der Waals surface area (Å²) in [4.78, 5) is 24.8. The molecule has 0 aliphatic heterocycles. The van der Waals surface area contributed by atoms with Crippen LogP contribution in [0.4, 0.5) is 13.6 Å². The third kappa shape index (κ3) is 11.8. The number of carboxylic acids is 1. The quantitative estimate of drug-likeness (QED) is 0.359. The number of alkyl halides is 2. The Balaban J connectivity index is 2.49. The molecule has 0 aliphatic carbocycles. The number of unbranched alkanes of at least 4 members (excludes halogenated alkanes) is 2.